The molecular weight excluding hydrogens is 283 g/mol. The molecule has 1 aromatic rings. The topological polar surface area (TPSA) is 35.5 Å². The average Bonchev–Trinajstić information content (AvgIpc) is 2.44. The van der Waals surface area contributed by atoms with Crippen LogP contribution < -0.4 is 5.32 Å². The molecule has 0 radical (unpaired) electrons. The minimum Gasteiger partial charge on any atom is -0.506 e. The number of phenolic OH excluding ortho intramolecular Hbond substituents is 1. The summed E-state index contributed by atoms with van der Waals surface area (Å²) in [4.78, 5) is 2.33. The second-order valence-corrected chi connectivity index (χ2v) is 5.41. The lowest BCUT2D eigenvalue weighted by Crippen LogP contribution is -2.45. The van der Waals surface area contributed by atoms with Gasteiger partial charge in [-0.3, -0.25) is 4.90 Å². The first-order valence-electron chi connectivity index (χ1n) is 6.37. The van der Waals surface area contributed by atoms with Crippen molar-refractivity contribution >= 4 is 23.2 Å². The van der Waals surface area contributed by atoms with Gasteiger partial charge in [-0.1, -0.05) is 35.3 Å². The van der Waals surface area contributed by atoms with Crippen LogP contribution in [-0.2, 0) is 0 Å². The van der Waals surface area contributed by atoms with E-state index in [0.29, 0.717) is 5.02 Å². The Morgan fingerprint density at radius 3 is 2.68 bits per heavy atom. The fourth-order valence-corrected chi connectivity index (χ4v) is 2.77. The molecule has 0 aliphatic carbocycles. The van der Waals surface area contributed by atoms with E-state index >= 15 is 0 Å². The molecule has 1 heterocycles. The van der Waals surface area contributed by atoms with Gasteiger partial charge in [-0.2, -0.15) is 0 Å². The molecule has 0 bridgehead atoms. The number of nitrogens with one attached hydrogen (secondary N) is 1. The molecule has 1 saturated heterocycles. The molecule has 0 saturated carbocycles. The van der Waals surface area contributed by atoms with E-state index in [9.17, 15) is 5.11 Å². The fourth-order valence-electron chi connectivity index (χ4n) is 2.45. The predicted molar refractivity (Wildman–Crippen MR) is 80.1 cm³/mol. The largest absolute Gasteiger partial charge is 0.506 e. The fraction of sp³-hybridized carbons (Fsp3) is 0.429. The lowest BCUT2D eigenvalue weighted by Gasteiger charge is -2.35. The SMILES string of the molecule is C=CC[C@H](c1ccc(Cl)c(Cl)c1O)N1CCNCC1. The van der Waals surface area contributed by atoms with Gasteiger partial charge in [0.15, 0.2) is 0 Å². The molecule has 1 aromatic carbocycles. The molecule has 3 nitrogen and oxygen atoms in total. The zero-order valence-electron chi connectivity index (χ0n) is 10.7. The number of hydrogen-bond donors (Lipinski definition) is 2. The summed E-state index contributed by atoms with van der Waals surface area (Å²) in [7, 11) is 0. The lowest BCUT2D eigenvalue weighted by molar-refractivity contribution is 0.172. The van der Waals surface area contributed by atoms with E-state index in [1.165, 1.54) is 0 Å². The van der Waals surface area contributed by atoms with Gasteiger partial charge in [-0.25, -0.2) is 0 Å². The number of piperazine rings is 1. The number of aromatic hydroxyl groups is 1. The highest BCUT2D eigenvalue weighted by atomic mass is 35.5. The monoisotopic (exact) mass is 300 g/mol. The molecule has 5 heteroatoms. The molecule has 1 aliphatic rings. The van der Waals surface area contributed by atoms with Crippen molar-refractivity contribution in [3.05, 3.63) is 40.4 Å². The van der Waals surface area contributed by atoms with E-state index < -0.39 is 0 Å². The molecule has 0 unspecified atom stereocenters. The Morgan fingerprint density at radius 2 is 2.05 bits per heavy atom. The van der Waals surface area contributed by atoms with Crippen molar-refractivity contribution in [1.82, 2.24) is 10.2 Å². The smallest absolute Gasteiger partial charge is 0.140 e. The summed E-state index contributed by atoms with van der Waals surface area (Å²) in [5, 5.41) is 14.1. The average molecular weight is 301 g/mol. The van der Waals surface area contributed by atoms with Gasteiger partial charge in [-0.15, -0.1) is 6.58 Å². The summed E-state index contributed by atoms with van der Waals surface area (Å²) in [6.07, 6.45) is 2.64. The van der Waals surface area contributed by atoms with E-state index in [2.05, 4.69) is 16.8 Å². The Balaban J connectivity index is 2.32. The summed E-state index contributed by atoms with van der Waals surface area (Å²) in [5.41, 5.74) is 0.816. The molecule has 0 aromatic heterocycles. The van der Waals surface area contributed by atoms with Crippen LogP contribution in [0.4, 0.5) is 0 Å². The number of nitrogens with zero attached hydrogens (tertiary/aromatic N) is 1. The standard InChI is InChI=1S/C14H18Cl2N2O/c1-2-3-12(18-8-6-17-7-9-18)10-4-5-11(15)13(16)14(10)19/h2,4-5,12,17,19H,1,3,6-9H2/t12-/m1/s1. The van der Waals surface area contributed by atoms with Gasteiger partial charge in [0.25, 0.3) is 0 Å². The number of halogens is 2. The Morgan fingerprint density at radius 1 is 1.37 bits per heavy atom. The molecular formula is C14H18Cl2N2O. The third-order valence-electron chi connectivity index (χ3n) is 3.44. The van der Waals surface area contributed by atoms with Crippen molar-refractivity contribution < 1.29 is 5.11 Å². The first-order chi connectivity index (χ1) is 9.15. The number of rotatable bonds is 4. The van der Waals surface area contributed by atoms with Crippen molar-refractivity contribution in [1.29, 1.82) is 0 Å². The van der Waals surface area contributed by atoms with Crippen molar-refractivity contribution in [3.8, 4) is 5.75 Å². The van der Waals surface area contributed by atoms with E-state index in [1.807, 2.05) is 12.1 Å². The highest BCUT2D eigenvalue weighted by Crippen LogP contribution is 2.39. The predicted octanol–water partition coefficient (Wildman–Crippen LogP) is 3.22. The van der Waals surface area contributed by atoms with Crippen LogP contribution in [0.15, 0.2) is 24.8 Å². The zero-order valence-corrected chi connectivity index (χ0v) is 12.2. The Hall–Kier alpha value is -0.740. The zero-order chi connectivity index (χ0) is 13.8. The van der Waals surface area contributed by atoms with Crippen LogP contribution in [0.1, 0.15) is 18.0 Å². The van der Waals surface area contributed by atoms with E-state index in [4.69, 9.17) is 23.2 Å². The maximum absolute atomic E-state index is 10.2. The van der Waals surface area contributed by atoms with Crippen LogP contribution in [0.2, 0.25) is 10.0 Å². The van der Waals surface area contributed by atoms with Gasteiger partial charge in [0.05, 0.1) is 5.02 Å². The van der Waals surface area contributed by atoms with Crippen LogP contribution >= 0.6 is 23.2 Å². The van der Waals surface area contributed by atoms with E-state index in [1.54, 1.807) is 6.07 Å². The van der Waals surface area contributed by atoms with Gasteiger partial charge in [-0.05, 0) is 12.5 Å². The third kappa shape index (κ3) is 3.23. The summed E-state index contributed by atoms with van der Waals surface area (Å²) in [6.45, 7) is 7.60. The molecule has 104 valence electrons. The molecule has 1 atom stereocenters. The molecule has 19 heavy (non-hydrogen) atoms. The quantitative estimate of drug-likeness (QED) is 0.838. The second-order valence-electron chi connectivity index (χ2n) is 4.63. The van der Waals surface area contributed by atoms with Crippen molar-refractivity contribution in [2.45, 2.75) is 12.5 Å². The van der Waals surface area contributed by atoms with E-state index in [-0.39, 0.29) is 16.8 Å². The van der Waals surface area contributed by atoms with Crippen molar-refractivity contribution in [3.63, 3.8) is 0 Å². The van der Waals surface area contributed by atoms with Gasteiger partial charge in [0, 0.05) is 37.8 Å². The Bertz CT molecular complexity index is 459. The second kappa shape index (κ2) is 6.62. The molecule has 0 amide bonds. The summed E-state index contributed by atoms with van der Waals surface area (Å²) >= 11 is 11.9. The van der Waals surface area contributed by atoms with Crippen LogP contribution in [-0.4, -0.2) is 36.2 Å². The number of benzene rings is 1. The third-order valence-corrected chi connectivity index (χ3v) is 4.24. The maximum Gasteiger partial charge on any atom is 0.140 e. The van der Waals surface area contributed by atoms with Crippen molar-refractivity contribution in [2.24, 2.45) is 0 Å². The van der Waals surface area contributed by atoms with Crippen LogP contribution in [0, 0.1) is 0 Å². The molecule has 1 aliphatic heterocycles. The number of hydrogen-bond acceptors (Lipinski definition) is 3. The van der Waals surface area contributed by atoms with Crippen LogP contribution in [0.5, 0.6) is 5.75 Å². The molecule has 1 fully saturated rings. The minimum absolute atomic E-state index is 0.0829. The summed E-state index contributed by atoms with van der Waals surface area (Å²) in [6, 6.07) is 3.67. The highest BCUT2D eigenvalue weighted by molar-refractivity contribution is 6.43. The first kappa shape index (κ1) is 14.7. The normalized spacial score (nSPS) is 18.2. The molecule has 2 rings (SSSR count). The van der Waals surface area contributed by atoms with Gasteiger partial charge in [0.1, 0.15) is 10.8 Å². The maximum atomic E-state index is 10.2. The lowest BCUT2D eigenvalue weighted by atomic mass is 10.00. The van der Waals surface area contributed by atoms with Crippen LogP contribution in [0.3, 0.4) is 0 Å². The van der Waals surface area contributed by atoms with Gasteiger partial charge < -0.3 is 10.4 Å². The minimum atomic E-state index is 0.0829. The number of phenols is 1. The summed E-state index contributed by atoms with van der Waals surface area (Å²) in [5.74, 6) is 0.0829. The van der Waals surface area contributed by atoms with Crippen LogP contribution in [0.25, 0.3) is 0 Å². The first-order valence-corrected chi connectivity index (χ1v) is 7.13. The van der Waals surface area contributed by atoms with Gasteiger partial charge in [0.2, 0.25) is 0 Å². The highest BCUT2D eigenvalue weighted by Gasteiger charge is 2.24. The Kier molecular flexibility index (Phi) is 5.11. The van der Waals surface area contributed by atoms with E-state index in [0.717, 1.165) is 38.2 Å². The molecule has 2 N–H and O–H groups in total. The van der Waals surface area contributed by atoms with Gasteiger partial charge >= 0.3 is 0 Å². The van der Waals surface area contributed by atoms with Crippen molar-refractivity contribution in [2.75, 3.05) is 26.2 Å². The molecule has 0 spiro atoms. The Labute approximate surface area is 123 Å². The summed E-state index contributed by atoms with van der Waals surface area (Å²) < 4.78 is 0.